The van der Waals surface area contributed by atoms with Crippen molar-refractivity contribution in [3.05, 3.63) is 36.0 Å². The molecule has 0 atom stereocenters. The fourth-order valence-corrected chi connectivity index (χ4v) is 6.16. The normalized spacial score (nSPS) is 14.7. The summed E-state index contributed by atoms with van der Waals surface area (Å²) >= 11 is 1.57. The highest BCUT2D eigenvalue weighted by molar-refractivity contribution is 7.99. The molecule has 1 aliphatic heterocycles. The SMILES string of the molecule is CCCNc1nc(SCC)nc2c1cnn2CCNC(=O)c1ccc(S(=O)(=O)N2CCCCC2)cc1. The van der Waals surface area contributed by atoms with Crippen molar-refractivity contribution in [2.24, 2.45) is 0 Å². The van der Waals surface area contributed by atoms with Crippen molar-refractivity contribution < 1.29 is 13.2 Å². The predicted octanol–water partition coefficient (Wildman–Crippen LogP) is 3.36. The average molecular weight is 532 g/mol. The van der Waals surface area contributed by atoms with E-state index in [1.54, 1.807) is 34.8 Å². The third-order valence-corrected chi connectivity index (χ3v) is 8.61. The van der Waals surface area contributed by atoms with E-state index in [1.807, 2.05) is 0 Å². The lowest BCUT2D eigenvalue weighted by Gasteiger charge is -2.25. The van der Waals surface area contributed by atoms with Gasteiger partial charge in [0.05, 0.1) is 23.0 Å². The average Bonchev–Trinajstić information content (AvgIpc) is 3.31. The fourth-order valence-electron chi connectivity index (χ4n) is 4.08. The van der Waals surface area contributed by atoms with Gasteiger partial charge in [0.15, 0.2) is 10.8 Å². The highest BCUT2D eigenvalue weighted by Gasteiger charge is 2.26. The van der Waals surface area contributed by atoms with Crippen LogP contribution < -0.4 is 10.6 Å². The van der Waals surface area contributed by atoms with Crippen LogP contribution in [0.3, 0.4) is 0 Å². The fraction of sp³-hybridized carbons (Fsp3) is 0.500. The Hall–Kier alpha value is -2.70. The summed E-state index contributed by atoms with van der Waals surface area (Å²) in [6.45, 7) is 6.85. The van der Waals surface area contributed by atoms with Crippen LogP contribution in [-0.4, -0.2) is 70.3 Å². The smallest absolute Gasteiger partial charge is 0.251 e. The van der Waals surface area contributed by atoms with E-state index >= 15 is 0 Å². The molecule has 3 heterocycles. The number of benzene rings is 1. The molecule has 0 radical (unpaired) electrons. The molecule has 0 aliphatic carbocycles. The van der Waals surface area contributed by atoms with Gasteiger partial charge < -0.3 is 10.6 Å². The summed E-state index contributed by atoms with van der Waals surface area (Å²) in [4.78, 5) is 22.2. The summed E-state index contributed by atoms with van der Waals surface area (Å²) in [7, 11) is -3.52. The summed E-state index contributed by atoms with van der Waals surface area (Å²) in [6.07, 6.45) is 5.55. The molecule has 0 saturated carbocycles. The summed E-state index contributed by atoms with van der Waals surface area (Å²) in [6, 6.07) is 6.13. The van der Waals surface area contributed by atoms with E-state index in [0.29, 0.717) is 36.9 Å². The Labute approximate surface area is 216 Å². The second-order valence-electron chi connectivity index (χ2n) is 8.56. The van der Waals surface area contributed by atoms with E-state index in [1.165, 1.54) is 16.4 Å². The minimum Gasteiger partial charge on any atom is -0.369 e. The van der Waals surface area contributed by atoms with E-state index in [9.17, 15) is 13.2 Å². The van der Waals surface area contributed by atoms with E-state index in [0.717, 1.165) is 54.8 Å². The molecular formula is C24H33N7O3S2. The van der Waals surface area contributed by atoms with E-state index in [4.69, 9.17) is 0 Å². The van der Waals surface area contributed by atoms with Crippen LogP contribution in [0.15, 0.2) is 40.5 Å². The number of carbonyl (C=O) groups excluding carboxylic acids is 1. The molecule has 1 aromatic carbocycles. The number of fused-ring (bicyclic) bond motifs is 1. The van der Waals surface area contributed by atoms with Crippen molar-refractivity contribution in [3.63, 3.8) is 0 Å². The van der Waals surface area contributed by atoms with E-state index in [2.05, 4.69) is 39.5 Å². The molecule has 1 aliphatic rings. The highest BCUT2D eigenvalue weighted by atomic mass is 32.2. The minimum absolute atomic E-state index is 0.219. The van der Waals surface area contributed by atoms with Gasteiger partial charge in [0.2, 0.25) is 10.0 Å². The molecule has 0 bridgehead atoms. The number of aromatic nitrogens is 4. The van der Waals surface area contributed by atoms with Crippen molar-refractivity contribution in [1.82, 2.24) is 29.4 Å². The van der Waals surface area contributed by atoms with Gasteiger partial charge in [0, 0.05) is 31.7 Å². The molecule has 10 nitrogen and oxygen atoms in total. The lowest BCUT2D eigenvalue weighted by molar-refractivity contribution is 0.0952. The van der Waals surface area contributed by atoms with Crippen LogP contribution in [0.25, 0.3) is 11.0 Å². The number of hydrogen-bond acceptors (Lipinski definition) is 8. The first-order valence-corrected chi connectivity index (χ1v) is 14.8. The number of nitrogens with zero attached hydrogens (tertiary/aromatic N) is 5. The van der Waals surface area contributed by atoms with Crippen LogP contribution in [0, 0.1) is 0 Å². The molecule has 2 aromatic heterocycles. The molecule has 3 aromatic rings. The van der Waals surface area contributed by atoms with E-state index < -0.39 is 10.0 Å². The number of hydrogen-bond donors (Lipinski definition) is 2. The van der Waals surface area contributed by atoms with Crippen molar-refractivity contribution in [2.45, 2.75) is 56.1 Å². The second-order valence-corrected chi connectivity index (χ2v) is 11.7. The van der Waals surface area contributed by atoms with E-state index in [-0.39, 0.29) is 10.8 Å². The van der Waals surface area contributed by atoms with Gasteiger partial charge in [-0.15, -0.1) is 0 Å². The lowest BCUT2D eigenvalue weighted by atomic mass is 10.2. The third kappa shape index (κ3) is 5.98. The van der Waals surface area contributed by atoms with Crippen LogP contribution >= 0.6 is 11.8 Å². The van der Waals surface area contributed by atoms with Crippen LogP contribution in [0.4, 0.5) is 5.82 Å². The zero-order valence-corrected chi connectivity index (χ0v) is 22.4. The molecule has 4 rings (SSSR count). The zero-order chi connectivity index (χ0) is 25.5. The summed E-state index contributed by atoms with van der Waals surface area (Å²) in [5.74, 6) is 1.37. The molecule has 1 saturated heterocycles. The largest absolute Gasteiger partial charge is 0.369 e. The van der Waals surface area contributed by atoms with Crippen molar-refractivity contribution in [2.75, 3.05) is 37.2 Å². The number of carbonyl (C=O) groups is 1. The molecule has 36 heavy (non-hydrogen) atoms. The molecule has 2 N–H and O–H groups in total. The highest BCUT2D eigenvalue weighted by Crippen LogP contribution is 2.24. The van der Waals surface area contributed by atoms with Crippen molar-refractivity contribution >= 4 is 44.5 Å². The van der Waals surface area contributed by atoms with Crippen molar-refractivity contribution in [1.29, 1.82) is 0 Å². The molecule has 1 fully saturated rings. The van der Waals surface area contributed by atoms with Crippen LogP contribution in [-0.2, 0) is 16.6 Å². The summed E-state index contributed by atoms with van der Waals surface area (Å²) in [5, 5.41) is 12.2. The predicted molar refractivity (Wildman–Crippen MR) is 142 cm³/mol. The number of amides is 1. The Kier molecular flexibility index (Phi) is 8.81. The van der Waals surface area contributed by atoms with Gasteiger partial charge in [0.1, 0.15) is 5.82 Å². The zero-order valence-electron chi connectivity index (χ0n) is 20.7. The quantitative estimate of drug-likeness (QED) is 0.285. The Bertz CT molecular complexity index is 1290. The van der Waals surface area contributed by atoms with Crippen LogP contribution in [0.1, 0.15) is 49.9 Å². The first-order chi connectivity index (χ1) is 17.4. The maximum Gasteiger partial charge on any atom is 0.251 e. The minimum atomic E-state index is -3.52. The molecular weight excluding hydrogens is 498 g/mol. The van der Waals surface area contributed by atoms with Gasteiger partial charge in [-0.25, -0.2) is 23.1 Å². The number of piperidine rings is 1. The number of nitrogens with one attached hydrogen (secondary N) is 2. The molecule has 1 amide bonds. The Morgan fingerprint density at radius 2 is 1.81 bits per heavy atom. The van der Waals surface area contributed by atoms with Gasteiger partial charge in [-0.2, -0.15) is 9.40 Å². The second kappa shape index (κ2) is 12.0. The standard InChI is InChI=1S/C24H33N7O3S2/c1-3-12-25-21-20-17-27-31(22(20)29-24(28-21)35-4-2)16-13-26-23(32)18-8-10-19(11-9-18)36(33,34)30-14-6-5-7-15-30/h8-11,17H,3-7,12-16H2,1-2H3,(H,26,32)(H,25,28,29). The van der Waals surface area contributed by atoms with Crippen molar-refractivity contribution in [3.8, 4) is 0 Å². The van der Waals surface area contributed by atoms with Crippen LogP contribution in [0.2, 0.25) is 0 Å². The molecule has 194 valence electrons. The van der Waals surface area contributed by atoms with Crippen LogP contribution in [0.5, 0.6) is 0 Å². The maximum atomic E-state index is 12.8. The Balaban J connectivity index is 1.40. The number of anilines is 1. The maximum absolute atomic E-state index is 12.8. The van der Waals surface area contributed by atoms with Gasteiger partial charge in [-0.1, -0.05) is 32.0 Å². The topological polar surface area (TPSA) is 122 Å². The van der Waals surface area contributed by atoms with Gasteiger partial charge in [-0.3, -0.25) is 4.79 Å². The third-order valence-electron chi connectivity index (χ3n) is 5.97. The monoisotopic (exact) mass is 531 g/mol. The number of thioether (sulfide) groups is 1. The Morgan fingerprint density at radius 3 is 2.50 bits per heavy atom. The first-order valence-electron chi connectivity index (χ1n) is 12.4. The number of sulfonamides is 1. The molecule has 12 heteroatoms. The summed E-state index contributed by atoms with van der Waals surface area (Å²) < 4.78 is 28.9. The Morgan fingerprint density at radius 1 is 1.06 bits per heavy atom. The molecule has 0 spiro atoms. The van der Waals surface area contributed by atoms with Gasteiger partial charge >= 0.3 is 0 Å². The summed E-state index contributed by atoms with van der Waals surface area (Å²) in [5.41, 5.74) is 1.13. The van der Waals surface area contributed by atoms with Gasteiger partial charge in [-0.05, 0) is 49.3 Å². The first kappa shape index (κ1) is 26.4. The number of rotatable bonds is 11. The molecule has 0 unspecified atom stereocenters. The lowest BCUT2D eigenvalue weighted by Crippen LogP contribution is -2.35. The van der Waals surface area contributed by atoms with Gasteiger partial charge in [0.25, 0.3) is 5.91 Å².